The number of ether oxygens (including phenoxy) is 1. The maximum Gasteiger partial charge on any atom is 0.182 e. The molecular formula is C15H13ClN2OS. The molecule has 0 aliphatic carbocycles. The van der Waals surface area contributed by atoms with Crippen molar-refractivity contribution in [3.63, 3.8) is 0 Å². The highest BCUT2D eigenvalue weighted by molar-refractivity contribution is 7.71. The van der Waals surface area contributed by atoms with Gasteiger partial charge in [-0.3, -0.25) is 4.57 Å². The van der Waals surface area contributed by atoms with Crippen molar-refractivity contribution in [2.45, 2.75) is 6.92 Å². The van der Waals surface area contributed by atoms with Gasteiger partial charge in [-0.05, 0) is 55.0 Å². The van der Waals surface area contributed by atoms with Crippen molar-refractivity contribution in [3.8, 4) is 11.4 Å². The zero-order valence-corrected chi connectivity index (χ0v) is 12.7. The fourth-order valence-electron chi connectivity index (χ4n) is 2.35. The van der Waals surface area contributed by atoms with Gasteiger partial charge in [0, 0.05) is 0 Å². The summed E-state index contributed by atoms with van der Waals surface area (Å²) in [6.07, 6.45) is 0. The topological polar surface area (TPSA) is 29.9 Å². The molecule has 0 spiro atoms. The molecule has 0 saturated heterocycles. The first-order valence-electron chi connectivity index (χ1n) is 6.16. The average molecular weight is 305 g/mol. The van der Waals surface area contributed by atoms with Crippen LogP contribution in [0.25, 0.3) is 16.7 Å². The molecule has 2 aromatic carbocycles. The van der Waals surface area contributed by atoms with Crippen LogP contribution in [0.1, 0.15) is 5.56 Å². The number of para-hydroxylation sites is 1. The summed E-state index contributed by atoms with van der Waals surface area (Å²) in [6.45, 7) is 2.02. The van der Waals surface area contributed by atoms with E-state index in [1.807, 2.05) is 47.9 Å². The molecule has 0 radical (unpaired) electrons. The fourth-order valence-corrected chi connectivity index (χ4v) is 2.91. The molecule has 0 saturated carbocycles. The molecular weight excluding hydrogens is 292 g/mol. The summed E-state index contributed by atoms with van der Waals surface area (Å²) in [6, 6.07) is 11.6. The summed E-state index contributed by atoms with van der Waals surface area (Å²) in [7, 11) is 1.66. The average Bonchev–Trinajstić information content (AvgIpc) is 2.76. The van der Waals surface area contributed by atoms with Crippen molar-refractivity contribution in [2.75, 3.05) is 7.11 Å². The zero-order chi connectivity index (χ0) is 14.3. The Morgan fingerprint density at radius 3 is 2.75 bits per heavy atom. The number of nitrogens with zero attached hydrogens (tertiary/aromatic N) is 1. The third-order valence-corrected chi connectivity index (χ3v) is 3.89. The maximum atomic E-state index is 6.32. The third-order valence-electron chi connectivity index (χ3n) is 3.30. The van der Waals surface area contributed by atoms with Crippen LogP contribution >= 0.6 is 23.8 Å². The SMILES string of the molecule is COc1ccc(-n2c(=S)[nH]c3cccc(Cl)c32)c(C)c1. The molecule has 0 bridgehead atoms. The Labute approximate surface area is 126 Å². The van der Waals surface area contributed by atoms with Crippen LogP contribution < -0.4 is 4.74 Å². The van der Waals surface area contributed by atoms with Gasteiger partial charge < -0.3 is 9.72 Å². The van der Waals surface area contributed by atoms with Crippen LogP contribution in [0.3, 0.4) is 0 Å². The lowest BCUT2D eigenvalue weighted by Crippen LogP contribution is -1.98. The quantitative estimate of drug-likeness (QED) is 0.698. The number of aromatic nitrogens is 2. The number of halogens is 1. The van der Waals surface area contributed by atoms with Crippen LogP contribution in [0.15, 0.2) is 36.4 Å². The van der Waals surface area contributed by atoms with E-state index in [9.17, 15) is 0 Å². The molecule has 1 N–H and O–H groups in total. The van der Waals surface area contributed by atoms with Crippen molar-refractivity contribution < 1.29 is 4.74 Å². The van der Waals surface area contributed by atoms with E-state index in [1.165, 1.54) is 0 Å². The van der Waals surface area contributed by atoms with E-state index in [0.29, 0.717) is 9.79 Å². The van der Waals surface area contributed by atoms with Crippen molar-refractivity contribution in [1.29, 1.82) is 0 Å². The van der Waals surface area contributed by atoms with Crippen molar-refractivity contribution in [3.05, 3.63) is 51.8 Å². The van der Waals surface area contributed by atoms with E-state index in [2.05, 4.69) is 4.98 Å². The standard InChI is InChI=1S/C15H13ClN2OS/c1-9-8-10(19-2)6-7-13(9)18-14-11(16)4-3-5-12(14)17-15(18)20/h3-8H,1-2H3,(H,17,20). The van der Waals surface area contributed by atoms with E-state index < -0.39 is 0 Å². The van der Waals surface area contributed by atoms with Gasteiger partial charge in [0.05, 0.1) is 28.9 Å². The van der Waals surface area contributed by atoms with E-state index in [1.54, 1.807) is 7.11 Å². The Morgan fingerprint density at radius 2 is 2.05 bits per heavy atom. The number of aryl methyl sites for hydroxylation is 1. The molecule has 0 amide bonds. The zero-order valence-electron chi connectivity index (χ0n) is 11.1. The van der Waals surface area contributed by atoms with Crippen LogP contribution in [0.5, 0.6) is 5.75 Å². The molecule has 5 heteroatoms. The summed E-state index contributed by atoms with van der Waals surface area (Å²) < 4.78 is 7.83. The third kappa shape index (κ3) is 2.01. The van der Waals surface area contributed by atoms with Gasteiger partial charge in [0.25, 0.3) is 0 Å². The molecule has 0 aliphatic rings. The van der Waals surface area contributed by atoms with Gasteiger partial charge in [0.15, 0.2) is 4.77 Å². The summed E-state index contributed by atoms with van der Waals surface area (Å²) in [5.41, 5.74) is 3.89. The summed E-state index contributed by atoms with van der Waals surface area (Å²) in [5, 5.41) is 0.671. The van der Waals surface area contributed by atoms with Crippen molar-refractivity contribution in [1.82, 2.24) is 9.55 Å². The first-order chi connectivity index (χ1) is 9.61. The number of rotatable bonds is 2. The molecule has 3 nitrogen and oxygen atoms in total. The molecule has 0 unspecified atom stereocenters. The minimum atomic E-state index is 0.626. The molecule has 20 heavy (non-hydrogen) atoms. The van der Waals surface area contributed by atoms with Gasteiger partial charge in [0.2, 0.25) is 0 Å². The van der Waals surface area contributed by atoms with Crippen LogP contribution in [0.2, 0.25) is 5.02 Å². The first kappa shape index (κ1) is 13.2. The second-order valence-corrected chi connectivity index (χ2v) is 5.35. The molecule has 3 aromatic rings. The number of H-pyrrole nitrogens is 1. The van der Waals surface area contributed by atoms with Crippen LogP contribution in [0.4, 0.5) is 0 Å². The number of fused-ring (bicyclic) bond motifs is 1. The highest BCUT2D eigenvalue weighted by atomic mass is 35.5. The highest BCUT2D eigenvalue weighted by Gasteiger charge is 2.11. The number of nitrogens with one attached hydrogen (secondary N) is 1. The van der Waals surface area contributed by atoms with Gasteiger partial charge >= 0.3 is 0 Å². The van der Waals surface area contributed by atoms with Crippen LogP contribution in [-0.2, 0) is 0 Å². The number of hydrogen-bond donors (Lipinski definition) is 1. The van der Waals surface area contributed by atoms with E-state index in [0.717, 1.165) is 28.0 Å². The van der Waals surface area contributed by atoms with Gasteiger partial charge in [-0.1, -0.05) is 17.7 Å². The number of hydrogen-bond acceptors (Lipinski definition) is 2. The molecule has 1 heterocycles. The van der Waals surface area contributed by atoms with Gasteiger partial charge in [0.1, 0.15) is 5.75 Å². The van der Waals surface area contributed by atoms with Gasteiger partial charge in [-0.2, -0.15) is 0 Å². The van der Waals surface area contributed by atoms with E-state index in [-0.39, 0.29) is 0 Å². The lowest BCUT2D eigenvalue weighted by molar-refractivity contribution is 0.414. The minimum absolute atomic E-state index is 0.626. The van der Waals surface area contributed by atoms with Gasteiger partial charge in [-0.15, -0.1) is 0 Å². The molecule has 1 aromatic heterocycles. The number of aromatic amines is 1. The second-order valence-electron chi connectivity index (χ2n) is 4.55. The van der Waals surface area contributed by atoms with Crippen molar-refractivity contribution >= 4 is 34.9 Å². The fraction of sp³-hybridized carbons (Fsp3) is 0.133. The Hall–Kier alpha value is -1.78. The Morgan fingerprint density at radius 1 is 1.25 bits per heavy atom. The molecule has 0 aliphatic heterocycles. The maximum absolute atomic E-state index is 6.32. The molecule has 3 rings (SSSR count). The second kappa shape index (κ2) is 4.96. The Bertz CT molecular complexity index is 851. The molecule has 0 fully saturated rings. The number of benzene rings is 2. The van der Waals surface area contributed by atoms with Crippen LogP contribution in [-0.4, -0.2) is 16.7 Å². The lowest BCUT2D eigenvalue weighted by atomic mass is 10.2. The van der Waals surface area contributed by atoms with Crippen molar-refractivity contribution in [2.24, 2.45) is 0 Å². The summed E-state index contributed by atoms with van der Waals surface area (Å²) >= 11 is 11.8. The van der Waals surface area contributed by atoms with Crippen LogP contribution in [0, 0.1) is 11.7 Å². The highest BCUT2D eigenvalue weighted by Crippen LogP contribution is 2.29. The summed E-state index contributed by atoms with van der Waals surface area (Å²) in [4.78, 5) is 3.18. The van der Waals surface area contributed by atoms with E-state index in [4.69, 9.17) is 28.6 Å². The summed E-state index contributed by atoms with van der Waals surface area (Å²) in [5.74, 6) is 0.823. The van der Waals surface area contributed by atoms with Gasteiger partial charge in [-0.25, -0.2) is 0 Å². The molecule has 0 atom stereocenters. The Kier molecular flexibility index (Phi) is 3.28. The number of methoxy groups -OCH3 is 1. The van der Waals surface area contributed by atoms with E-state index >= 15 is 0 Å². The largest absolute Gasteiger partial charge is 0.497 e. The predicted octanol–water partition coefficient (Wildman–Crippen LogP) is 4.66. The lowest BCUT2D eigenvalue weighted by Gasteiger charge is -2.10. The predicted molar refractivity (Wildman–Crippen MR) is 84.8 cm³/mol. The monoisotopic (exact) mass is 304 g/mol. The molecule has 102 valence electrons. The Balaban J connectivity index is 2.35. The smallest absolute Gasteiger partial charge is 0.182 e. The normalized spacial score (nSPS) is 10.9. The minimum Gasteiger partial charge on any atom is -0.497 e. The first-order valence-corrected chi connectivity index (χ1v) is 6.94. The number of imidazole rings is 1.